The summed E-state index contributed by atoms with van der Waals surface area (Å²) in [6.45, 7) is 2.38. The first kappa shape index (κ1) is 21.5. The van der Waals surface area contributed by atoms with Gasteiger partial charge >= 0.3 is 0 Å². The van der Waals surface area contributed by atoms with E-state index in [0.717, 1.165) is 5.69 Å². The molecule has 0 saturated carbocycles. The van der Waals surface area contributed by atoms with Gasteiger partial charge in [0, 0.05) is 25.3 Å². The maximum atomic E-state index is 12.9. The number of hydrogen-bond donors (Lipinski definition) is 1. The van der Waals surface area contributed by atoms with Crippen LogP contribution >= 0.6 is 0 Å². The lowest BCUT2D eigenvalue weighted by Crippen LogP contribution is -2.30. The molecule has 0 aliphatic rings. The van der Waals surface area contributed by atoms with Gasteiger partial charge in [-0.25, -0.2) is 8.42 Å². The van der Waals surface area contributed by atoms with Gasteiger partial charge in [-0.05, 0) is 44.3 Å². The Hall–Kier alpha value is -3.17. The highest BCUT2D eigenvalue weighted by Crippen LogP contribution is 2.23. The summed E-state index contributed by atoms with van der Waals surface area (Å²) in [6.07, 6.45) is 0. The smallest absolute Gasteiger partial charge is 0.264 e. The van der Waals surface area contributed by atoms with Crippen molar-refractivity contribution in [2.45, 2.75) is 18.4 Å². The molecule has 3 rings (SSSR count). The SMILES string of the molecule is Cc1cc(CN(C)CC(=O)Nc2cccc(S(=O)(=O)N(C)c3ccccc3)c2)no1. The van der Waals surface area contributed by atoms with E-state index in [4.69, 9.17) is 4.52 Å². The Labute approximate surface area is 176 Å². The molecule has 0 spiro atoms. The molecule has 0 fully saturated rings. The number of carbonyl (C=O) groups is 1. The van der Waals surface area contributed by atoms with Crippen LogP contribution in [0, 0.1) is 6.92 Å². The lowest BCUT2D eigenvalue weighted by molar-refractivity contribution is -0.117. The van der Waals surface area contributed by atoms with Crippen LogP contribution in [0.1, 0.15) is 11.5 Å². The molecule has 9 heteroatoms. The maximum absolute atomic E-state index is 12.9. The molecule has 1 amide bonds. The zero-order chi connectivity index (χ0) is 21.7. The Morgan fingerprint density at radius 1 is 1.07 bits per heavy atom. The molecule has 0 aliphatic carbocycles. The lowest BCUT2D eigenvalue weighted by Gasteiger charge is -2.20. The minimum absolute atomic E-state index is 0.0954. The first-order valence-electron chi connectivity index (χ1n) is 9.30. The number of aromatic nitrogens is 1. The van der Waals surface area contributed by atoms with Gasteiger partial charge in [0.1, 0.15) is 5.76 Å². The fourth-order valence-corrected chi connectivity index (χ4v) is 4.18. The van der Waals surface area contributed by atoms with Crippen LogP contribution in [-0.2, 0) is 21.4 Å². The predicted molar refractivity (Wildman–Crippen MR) is 115 cm³/mol. The van der Waals surface area contributed by atoms with E-state index < -0.39 is 10.0 Å². The summed E-state index contributed by atoms with van der Waals surface area (Å²) >= 11 is 0. The Morgan fingerprint density at radius 3 is 2.47 bits per heavy atom. The molecule has 0 atom stereocenters. The average molecular weight is 429 g/mol. The van der Waals surface area contributed by atoms with Gasteiger partial charge in [-0.15, -0.1) is 0 Å². The zero-order valence-electron chi connectivity index (χ0n) is 17.1. The molecule has 0 saturated heterocycles. The van der Waals surface area contributed by atoms with E-state index in [-0.39, 0.29) is 17.3 Å². The minimum atomic E-state index is -3.76. The summed E-state index contributed by atoms with van der Waals surface area (Å²) < 4.78 is 32.1. The number of benzene rings is 2. The molecule has 1 N–H and O–H groups in total. The van der Waals surface area contributed by atoms with Crippen molar-refractivity contribution in [1.29, 1.82) is 0 Å². The fourth-order valence-electron chi connectivity index (χ4n) is 2.94. The standard InChI is InChI=1S/C21H24N4O4S/c1-16-12-18(23-29-16)14-24(2)15-21(26)22-17-8-7-11-20(13-17)30(27,28)25(3)19-9-5-4-6-10-19/h4-13H,14-15H2,1-3H3,(H,22,26). The van der Waals surface area contributed by atoms with Crippen molar-refractivity contribution in [3.05, 3.63) is 72.1 Å². The Balaban J connectivity index is 1.66. The molecule has 0 radical (unpaired) electrons. The molecule has 0 bridgehead atoms. The molecular formula is C21H24N4O4S. The second-order valence-electron chi connectivity index (χ2n) is 6.99. The third-order valence-corrected chi connectivity index (χ3v) is 6.20. The second kappa shape index (κ2) is 9.10. The van der Waals surface area contributed by atoms with Gasteiger partial charge in [0.2, 0.25) is 5.91 Å². The monoisotopic (exact) mass is 428 g/mol. The Bertz CT molecular complexity index is 1110. The number of para-hydroxylation sites is 1. The van der Waals surface area contributed by atoms with Gasteiger partial charge in [0.05, 0.1) is 22.8 Å². The molecule has 0 aliphatic heterocycles. The van der Waals surface area contributed by atoms with Gasteiger partial charge in [0.15, 0.2) is 0 Å². The Kier molecular flexibility index (Phi) is 6.53. The predicted octanol–water partition coefficient (Wildman–Crippen LogP) is 2.88. The van der Waals surface area contributed by atoms with E-state index >= 15 is 0 Å². The summed E-state index contributed by atoms with van der Waals surface area (Å²) in [4.78, 5) is 14.3. The minimum Gasteiger partial charge on any atom is -0.361 e. The van der Waals surface area contributed by atoms with Crippen LogP contribution in [0.25, 0.3) is 0 Å². The molecule has 30 heavy (non-hydrogen) atoms. The number of anilines is 2. The number of rotatable bonds is 8. The van der Waals surface area contributed by atoms with Crippen LogP contribution in [0.4, 0.5) is 11.4 Å². The van der Waals surface area contributed by atoms with Gasteiger partial charge < -0.3 is 9.84 Å². The van der Waals surface area contributed by atoms with E-state index in [0.29, 0.717) is 23.7 Å². The van der Waals surface area contributed by atoms with Gasteiger partial charge in [-0.2, -0.15) is 0 Å². The van der Waals surface area contributed by atoms with Crippen molar-refractivity contribution >= 4 is 27.3 Å². The number of carbonyl (C=O) groups excluding carboxylic acids is 1. The molecule has 0 unspecified atom stereocenters. The van der Waals surface area contributed by atoms with Crippen LogP contribution in [-0.4, -0.2) is 45.0 Å². The first-order chi connectivity index (χ1) is 14.3. The number of aryl methyl sites for hydroxylation is 1. The normalized spacial score (nSPS) is 11.5. The highest BCUT2D eigenvalue weighted by Gasteiger charge is 2.21. The van der Waals surface area contributed by atoms with Crippen molar-refractivity contribution in [3.63, 3.8) is 0 Å². The van der Waals surface area contributed by atoms with E-state index in [1.165, 1.54) is 23.5 Å². The largest absolute Gasteiger partial charge is 0.361 e. The van der Waals surface area contributed by atoms with Gasteiger partial charge in [-0.3, -0.25) is 14.0 Å². The van der Waals surface area contributed by atoms with E-state index in [9.17, 15) is 13.2 Å². The average Bonchev–Trinajstić information content (AvgIpc) is 3.12. The first-order valence-corrected chi connectivity index (χ1v) is 10.7. The van der Waals surface area contributed by atoms with E-state index in [1.54, 1.807) is 55.3 Å². The van der Waals surface area contributed by atoms with Crippen molar-refractivity contribution in [3.8, 4) is 0 Å². The highest BCUT2D eigenvalue weighted by molar-refractivity contribution is 7.92. The molecule has 1 aromatic heterocycles. The Morgan fingerprint density at radius 2 is 1.80 bits per heavy atom. The number of nitrogens with zero attached hydrogens (tertiary/aromatic N) is 3. The molecular weight excluding hydrogens is 404 g/mol. The summed E-state index contributed by atoms with van der Waals surface area (Å²) in [7, 11) is -0.471. The number of amides is 1. The summed E-state index contributed by atoms with van der Waals surface area (Å²) in [5.41, 5.74) is 1.70. The van der Waals surface area contributed by atoms with Crippen molar-refractivity contribution in [2.75, 3.05) is 30.3 Å². The molecule has 1 heterocycles. The molecule has 8 nitrogen and oxygen atoms in total. The quantitative estimate of drug-likeness (QED) is 0.593. The molecule has 3 aromatic rings. The number of likely N-dealkylation sites (N-methyl/N-ethyl adjacent to an activating group) is 1. The zero-order valence-corrected chi connectivity index (χ0v) is 17.9. The number of hydrogen-bond acceptors (Lipinski definition) is 6. The van der Waals surface area contributed by atoms with Crippen LogP contribution in [0.2, 0.25) is 0 Å². The molecule has 2 aromatic carbocycles. The van der Waals surface area contributed by atoms with Gasteiger partial charge in [0.25, 0.3) is 10.0 Å². The van der Waals surface area contributed by atoms with Crippen molar-refractivity contribution in [2.24, 2.45) is 0 Å². The molecule has 158 valence electrons. The number of sulfonamides is 1. The maximum Gasteiger partial charge on any atom is 0.264 e. The van der Waals surface area contributed by atoms with Crippen LogP contribution in [0.15, 0.2) is 70.1 Å². The highest BCUT2D eigenvalue weighted by atomic mass is 32.2. The summed E-state index contributed by atoms with van der Waals surface area (Å²) in [5.74, 6) is 0.449. The topological polar surface area (TPSA) is 95.8 Å². The van der Waals surface area contributed by atoms with Crippen LogP contribution < -0.4 is 9.62 Å². The van der Waals surface area contributed by atoms with Crippen molar-refractivity contribution in [1.82, 2.24) is 10.1 Å². The van der Waals surface area contributed by atoms with E-state index in [1.807, 2.05) is 12.1 Å². The lowest BCUT2D eigenvalue weighted by atomic mass is 10.3. The third-order valence-electron chi connectivity index (χ3n) is 4.42. The third kappa shape index (κ3) is 5.25. The van der Waals surface area contributed by atoms with E-state index in [2.05, 4.69) is 10.5 Å². The van der Waals surface area contributed by atoms with Crippen LogP contribution in [0.5, 0.6) is 0 Å². The van der Waals surface area contributed by atoms with Crippen LogP contribution in [0.3, 0.4) is 0 Å². The second-order valence-corrected chi connectivity index (χ2v) is 8.95. The summed E-state index contributed by atoms with van der Waals surface area (Å²) in [5, 5.41) is 6.65. The fraction of sp³-hybridized carbons (Fsp3) is 0.238. The number of nitrogens with one attached hydrogen (secondary N) is 1. The van der Waals surface area contributed by atoms with Crippen molar-refractivity contribution < 1.29 is 17.7 Å². The summed E-state index contributed by atoms with van der Waals surface area (Å²) in [6, 6.07) is 16.8. The van der Waals surface area contributed by atoms with Gasteiger partial charge in [-0.1, -0.05) is 29.4 Å².